The Labute approximate surface area is 179 Å². The number of nitrogens with one attached hydrogen (secondary N) is 1. The Morgan fingerprint density at radius 3 is 2.48 bits per heavy atom. The number of hydrogen-bond acceptors (Lipinski definition) is 5. The van der Waals surface area contributed by atoms with E-state index in [1.165, 1.54) is 18.0 Å². The first-order chi connectivity index (χ1) is 15.2. The molecule has 2 heterocycles. The van der Waals surface area contributed by atoms with Crippen molar-refractivity contribution in [3.8, 4) is 11.5 Å². The molecule has 0 radical (unpaired) electrons. The van der Waals surface area contributed by atoms with Crippen LogP contribution in [0.4, 0.5) is 0 Å². The Balaban J connectivity index is 1.24. The van der Waals surface area contributed by atoms with Crippen LogP contribution in [0.1, 0.15) is 44.3 Å². The SMILES string of the molecule is O=C(c1ccc(-c2nc(C(=O)N[C@@H]3C[C@H]3c3ccccc3)co2)cc1)c1cccnc1. The predicted molar refractivity (Wildman–Crippen MR) is 115 cm³/mol. The van der Waals surface area contributed by atoms with Crippen LogP contribution in [0.3, 0.4) is 0 Å². The molecule has 0 aliphatic heterocycles. The third-order valence-corrected chi connectivity index (χ3v) is 5.39. The van der Waals surface area contributed by atoms with Gasteiger partial charge in [0, 0.05) is 41.0 Å². The lowest BCUT2D eigenvalue weighted by Crippen LogP contribution is -2.26. The van der Waals surface area contributed by atoms with Crippen molar-refractivity contribution in [1.29, 1.82) is 0 Å². The normalized spacial score (nSPS) is 17.2. The Morgan fingerprint density at radius 2 is 1.74 bits per heavy atom. The lowest BCUT2D eigenvalue weighted by Gasteiger charge is -2.02. The molecule has 1 N–H and O–H groups in total. The van der Waals surface area contributed by atoms with Crippen molar-refractivity contribution in [3.05, 3.63) is 108 Å². The van der Waals surface area contributed by atoms with E-state index in [1.807, 2.05) is 18.2 Å². The molecule has 0 unspecified atom stereocenters. The Morgan fingerprint density at radius 1 is 0.935 bits per heavy atom. The highest BCUT2D eigenvalue weighted by Crippen LogP contribution is 2.40. The number of ketones is 1. The van der Waals surface area contributed by atoms with Crippen LogP contribution in [0.5, 0.6) is 0 Å². The van der Waals surface area contributed by atoms with Gasteiger partial charge in [0.05, 0.1) is 0 Å². The van der Waals surface area contributed by atoms with Crippen LogP contribution in [-0.2, 0) is 0 Å². The number of benzene rings is 2. The maximum Gasteiger partial charge on any atom is 0.273 e. The van der Waals surface area contributed by atoms with E-state index in [0.29, 0.717) is 28.5 Å². The maximum atomic E-state index is 12.5. The highest BCUT2D eigenvalue weighted by Gasteiger charge is 2.39. The number of hydrogen-bond donors (Lipinski definition) is 1. The molecule has 2 aromatic heterocycles. The Kier molecular flexibility index (Phi) is 4.88. The fourth-order valence-corrected chi connectivity index (χ4v) is 3.60. The summed E-state index contributed by atoms with van der Waals surface area (Å²) in [5, 5.41) is 3.01. The molecule has 152 valence electrons. The van der Waals surface area contributed by atoms with Gasteiger partial charge in [0.1, 0.15) is 6.26 Å². The molecule has 1 aliphatic rings. The molecule has 2 aromatic carbocycles. The van der Waals surface area contributed by atoms with Crippen molar-refractivity contribution < 1.29 is 14.0 Å². The summed E-state index contributed by atoms with van der Waals surface area (Å²) in [6, 6.07) is 20.7. The summed E-state index contributed by atoms with van der Waals surface area (Å²) >= 11 is 0. The van der Waals surface area contributed by atoms with Crippen LogP contribution >= 0.6 is 0 Å². The molecule has 4 aromatic rings. The average molecular weight is 409 g/mol. The molecule has 6 nitrogen and oxygen atoms in total. The van der Waals surface area contributed by atoms with Crippen LogP contribution in [0, 0.1) is 0 Å². The van der Waals surface area contributed by atoms with E-state index in [1.54, 1.807) is 42.6 Å². The van der Waals surface area contributed by atoms with E-state index < -0.39 is 0 Å². The summed E-state index contributed by atoms with van der Waals surface area (Å²) in [5.74, 6) is 0.327. The quantitative estimate of drug-likeness (QED) is 0.481. The standard InChI is InChI=1S/C25H19N3O3/c29-23(19-7-4-12-26-14-19)17-8-10-18(11-9-17)25-28-22(15-31-25)24(30)27-21-13-20(21)16-5-2-1-3-6-16/h1-12,14-15,20-21H,13H2,(H,27,30)/t20-,21+/m0/s1. The number of oxazole rings is 1. The lowest BCUT2D eigenvalue weighted by atomic mass is 10.0. The molecular formula is C25H19N3O3. The first-order valence-electron chi connectivity index (χ1n) is 10.1. The highest BCUT2D eigenvalue weighted by molar-refractivity contribution is 6.08. The molecule has 1 amide bonds. The van der Waals surface area contributed by atoms with Crippen LogP contribution in [0.25, 0.3) is 11.5 Å². The maximum absolute atomic E-state index is 12.5. The minimum absolute atomic E-state index is 0.107. The van der Waals surface area contributed by atoms with E-state index >= 15 is 0 Å². The van der Waals surface area contributed by atoms with Gasteiger partial charge in [0.15, 0.2) is 11.5 Å². The Hall–Kier alpha value is -4.06. The highest BCUT2D eigenvalue weighted by atomic mass is 16.3. The molecule has 1 fully saturated rings. The minimum atomic E-state index is -0.248. The van der Waals surface area contributed by atoms with Crippen molar-refractivity contribution in [1.82, 2.24) is 15.3 Å². The summed E-state index contributed by atoms with van der Waals surface area (Å²) in [7, 11) is 0. The van der Waals surface area contributed by atoms with Gasteiger partial charge >= 0.3 is 0 Å². The summed E-state index contributed by atoms with van der Waals surface area (Å²) in [5.41, 5.74) is 3.23. The van der Waals surface area contributed by atoms with Gasteiger partial charge in [-0.2, -0.15) is 0 Å². The molecule has 1 saturated carbocycles. The fourth-order valence-electron chi connectivity index (χ4n) is 3.60. The number of pyridine rings is 1. The second kappa shape index (κ2) is 7.99. The smallest absolute Gasteiger partial charge is 0.273 e. The van der Waals surface area contributed by atoms with E-state index in [0.717, 1.165) is 6.42 Å². The van der Waals surface area contributed by atoms with Gasteiger partial charge in [-0.3, -0.25) is 14.6 Å². The summed E-state index contributed by atoms with van der Waals surface area (Å²) in [6.45, 7) is 0. The number of amides is 1. The van der Waals surface area contributed by atoms with Crippen LogP contribution in [-0.4, -0.2) is 27.7 Å². The fraction of sp³-hybridized carbons (Fsp3) is 0.120. The second-order valence-electron chi connectivity index (χ2n) is 7.52. The molecule has 0 spiro atoms. The topological polar surface area (TPSA) is 85.1 Å². The molecular weight excluding hydrogens is 390 g/mol. The average Bonchev–Trinajstić information content (AvgIpc) is 3.41. The molecule has 2 atom stereocenters. The molecule has 0 bridgehead atoms. The number of carbonyl (C=O) groups is 2. The first-order valence-corrected chi connectivity index (χ1v) is 10.1. The number of aromatic nitrogens is 2. The van der Waals surface area contributed by atoms with Crippen molar-refractivity contribution in [2.45, 2.75) is 18.4 Å². The molecule has 1 aliphatic carbocycles. The van der Waals surface area contributed by atoms with E-state index in [9.17, 15) is 9.59 Å². The zero-order valence-electron chi connectivity index (χ0n) is 16.6. The minimum Gasteiger partial charge on any atom is -0.444 e. The summed E-state index contributed by atoms with van der Waals surface area (Å²) in [6.07, 6.45) is 5.45. The van der Waals surface area contributed by atoms with Gasteiger partial charge in [0.25, 0.3) is 5.91 Å². The largest absolute Gasteiger partial charge is 0.444 e. The van der Waals surface area contributed by atoms with Crippen LogP contribution in [0.15, 0.2) is 89.8 Å². The zero-order chi connectivity index (χ0) is 21.2. The van der Waals surface area contributed by atoms with Gasteiger partial charge in [-0.25, -0.2) is 4.98 Å². The van der Waals surface area contributed by atoms with Crippen LogP contribution in [0.2, 0.25) is 0 Å². The van der Waals surface area contributed by atoms with Crippen LogP contribution < -0.4 is 5.32 Å². The third-order valence-electron chi connectivity index (χ3n) is 5.39. The number of carbonyl (C=O) groups excluding carboxylic acids is 2. The van der Waals surface area contributed by atoms with Gasteiger partial charge in [-0.05, 0) is 36.2 Å². The van der Waals surface area contributed by atoms with Crippen molar-refractivity contribution in [2.75, 3.05) is 0 Å². The lowest BCUT2D eigenvalue weighted by molar-refractivity contribution is 0.0944. The van der Waals surface area contributed by atoms with Gasteiger partial charge < -0.3 is 9.73 Å². The van der Waals surface area contributed by atoms with Crippen molar-refractivity contribution in [2.24, 2.45) is 0 Å². The van der Waals surface area contributed by atoms with Crippen molar-refractivity contribution in [3.63, 3.8) is 0 Å². The second-order valence-corrected chi connectivity index (χ2v) is 7.52. The number of rotatable bonds is 6. The van der Waals surface area contributed by atoms with Gasteiger partial charge in [-0.1, -0.05) is 42.5 Å². The van der Waals surface area contributed by atoms with Gasteiger partial charge in [0.2, 0.25) is 5.89 Å². The first kappa shape index (κ1) is 18.9. The molecule has 0 saturated heterocycles. The van der Waals surface area contributed by atoms with Crippen molar-refractivity contribution >= 4 is 11.7 Å². The predicted octanol–water partition coefficient (Wildman–Crippen LogP) is 4.25. The molecule has 6 heteroatoms. The number of nitrogens with zero attached hydrogens (tertiary/aromatic N) is 2. The Bertz CT molecular complexity index is 1220. The molecule has 5 rings (SSSR count). The molecule has 31 heavy (non-hydrogen) atoms. The summed E-state index contributed by atoms with van der Waals surface area (Å²) in [4.78, 5) is 33.3. The monoisotopic (exact) mass is 409 g/mol. The van der Waals surface area contributed by atoms with E-state index in [4.69, 9.17) is 4.42 Å². The summed E-state index contributed by atoms with van der Waals surface area (Å²) < 4.78 is 5.50. The van der Waals surface area contributed by atoms with E-state index in [2.05, 4.69) is 27.4 Å². The van der Waals surface area contributed by atoms with Gasteiger partial charge in [-0.15, -0.1) is 0 Å². The third kappa shape index (κ3) is 4.00. The zero-order valence-corrected chi connectivity index (χ0v) is 16.6. The van der Waals surface area contributed by atoms with E-state index in [-0.39, 0.29) is 23.4 Å².